The maximum absolute atomic E-state index is 11.5. The molecule has 0 bridgehead atoms. The summed E-state index contributed by atoms with van der Waals surface area (Å²) in [6.07, 6.45) is 4.44. The van der Waals surface area contributed by atoms with Crippen LogP contribution in [0, 0.1) is 0 Å². The summed E-state index contributed by atoms with van der Waals surface area (Å²) in [5.74, 6) is 0.139. The standard InChI is InChI=1S/C9H16N4OS/c1-6(15-2)3-4-11-9(14)7-5-12-13-8(7)10/h5-6H,3-4H2,1-2H3,(H,11,14)(H3,10,12,13). The van der Waals surface area contributed by atoms with Crippen molar-refractivity contribution in [2.75, 3.05) is 18.5 Å². The van der Waals surface area contributed by atoms with Crippen molar-refractivity contribution in [3.8, 4) is 0 Å². The molecule has 1 unspecified atom stereocenters. The van der Waals surface area contributed by atoms with Crippen LogP contribution in [0.15, 0.2) is 6.20 Å². The minimum absolute atomic E-state index is 0.172. The van der Waals surface area contributed by atoms with Gasteiger partial charge in [0.2, 0.25) is 0 Å². The van der Waals surface area contributed by atoms with Gasteiger partial charge in [-0.3, -0.25) is 9.89 Å². The Bertz CT molecular complexity index is 326. The van der Waals surface area contributed by atoms with Crippen LogP contribution in [0.25, 0.3) is 0 Å². The summed E-state index contributed by atoms with van der Waals surface area (Å²) < 4.78 is 0. The molecule has 15 heavy (non-hydrogen) atoms. The van der Waals surface area contributed by atoms with Gasteiger partial charge in [-0.2, -0.15) is 16.9 Å². The van der Waals surface area contributed by atoms with Gasteiger partial charge in [0.25, 0.3) is 5.91 Å². The molecule has 0 saturated carbocycles. The number of thioether (sulfide) groups is 1. The van der Waals surface area contributed by atoms with Gasteiger partial charge in [0.15, 0.2) is 0 Å². The van der Waals surface area contributed by atoms with Crippen molar-refractivity contribution in [1.82, 2.24) is 15.5 Å². The fourth-order valence-corrected chi connectivity index (χ4v) is 1.43. The van der Waals surface area contributed by atoms with E-state index in [1.54, 1.807) is 11.8 Å². The molecule has 84 valence electrons. The normalized spacial score (nSPS) is 12.4. The summed E-state index contributed by atoms with van der Waals surface area (Å²) in [6, 6.07) is 0. The predicted octanol–water partition coefficient (Wildman–Crippen LogP) is 0.863. The van der Waals surface area contributed by atoms with Crippen LogP contribution in [0.2, 0.25) is 0 Å². The van der Waals surface area contributed by atoms with E-state index in [0.717, 1.165) is 6.42 Å². The second-order valence-corrected chi connectivity index (χ2v) is 4.56. The fourth-order valence-electron chi connectivity index (χ4n) is 1.08. The van der Waals surface area contributed by atoms with Crippen LogP contribution in [0.4, 0.5) is 5.82 Å². The van der Waals surface area contributed by atoms with Crippen LogP contribution < -0.4 is 11.1 Å². The van der Waals surface area contributed by atoms with Crippen LogP contribution >= 0.6 is 11.8 Å². The Labute approximate surface area is 93.2 Å². The van der Waals surface area contributed by atoms with Gasteiger partial charge in [0.05, 0.1) is 6.20 Å². The van der Waals surface area contributed by atoms with Gasteiger partial charge in [0, 0.05) is 11.8 Å². The van der Waals surface area contributed by atoms with Gasteiger partial charge in [0.1, 0.15) is 11.4 Å². The zero-order chi connectivity index (χ0) is 11.3. The molecule has 0 radical (unpaired) electrons. The molecular formula is C9H16N4OS. The molecule has 1 heterocycles. The third-order valence-corrected chi connectivity index (χ3v) is 3.19. The minimum Gasteiger partial charge on any atom is -0.383 e. The third-order valence-electron chi connectivity index (χ3n) is 2.15. The highest BCUT2D eigenvalue weighted by Gasteiger charge is 2.10. The number of H-pyrrole nitrogens is 1. The number of carbonyl (C=O) groups is 1. The number of anilines is 1. The lowest BCUT2D eigenvalue weighted by Crippen LogP contribution is -2.26. The summed E-state index contributed by atoms with van der Waals surface area (Å²) in [7, 11) is 0. The molecule has 1 aromatic heterocycles. The second-order valence-electron chi connectivity index (χ2n) is 3.29. The van der Waals surface area contributed by atoms with Crippen molar-refractivity contribution < 1.29 is 4.79 Å². The number of amides is 1. The topological polar surface area (TPSA) is 83.8 Å². The van der Waals surface area contributed by atoms with Crippen LogP contribution in [-0.4, -0.2) is 34.2 Å². The van der Waals surface area contributed by atoms with Gasteiger partial charge in [-0.1, -0.05) is 6.92 Å². The largest absolute Gasteiger partial charge is 0.383 e. The second kappa shape index (κ2) is 5.65. The Morgan fingerprint density at radius 2 is 2.53 bits per heavy atom. The molecule has 0 aliphatic heterocycles. The quantitative estimate of drug-likeness (QED) is 0.698. The summed E-state index contributed by atoms with van der Waals surface area (Å²) >= 11 is 1.78. The first-order valence-corrected chi connectivity index (χ1v) is 6.03. The number of nitrogens with zero attached hydrogens (tertiary/aromatic N) is 1. The summed E-state index contributed by atoms with van der Waals surface area (Å²) in [4.78, 5) is 11.5. The van der Waals surface area contributed by atoms with E-state index < -0.39 is 0 Å². The Balaban J connectivity index is 2.34. The Morgan fingerprint density at radius 3 is 3.07 bits per heavy atom. The van der Waals surface area contributed by atoms with E-state index in [4.69, 9.17) is 5.73 Å². The highest BCUT2D eigenvalue weighted by Crippen LogP contribution is 2.09. The molecule has 1 atom stereocenters. The molecule has 0 spiro atoms. The number of carbonyl (C=O) groups excluding carboxylic acids is 1. The van der Waals surface area contributed by atoms with Crippen molar-refractivity contribution >= 4 is 23.5 Å². The molecular weight excluding hydrogens is 212 g/mol. The van der Waals surface area contributed by atoms with Gasteiger partial charge in [-0.15, -0.1) is 0 Å². The maximum atomic E-state index is 11.5. The lowest BCUT2D eigenvalue weighted by atomic mass is 10.3. The lowest BCUT2D eigenvalue weighted by molar-refractivity contribution is 0.0954. The van der Waals surface area contributed by atoms with Crippen molar-refractivity contribution in [3.05, 3.63) is 11.8 Å². The fraction of sp³-hybridized carbons (Fsp3) is 0.556. The zero-order valence-electron chi connectivity index (χ0n) is 8.91. The smallest absolute Gasteiger partial charge is 0.256 e. The van der Waals surface area contributed by atoms with E-state index in [2.05, 4.69) is 28.7 Å². The molecule has 5 nitrogen and oxygen atoms in total. The molecule has 1 amide bonds. The van der Waals surface area contributed by atoms with Crippen LogP contribution in [0.3, 0.4) is 0 Å². The molecule has 0 saturated heterocycles. The molecule has 0 aliphatic carbocycles. The van der Waals surface area contributed by atoms with Gasteiger partial charge in [-0.05, 0) is 12.7 Å². The van der Waals surface area contributed by atoms with Crippen molar-refractivity contribution in [1.29, 1.82) is 0 Å². The van der Waals surface area contributed by atoms with Gasteiger partial charge < -0.3 is 11.1 Å². The Morgan fingerprint density at radius 1 is 1.80 bits per heavy atom. The van der Waals surface area contributed by atoms with Crippen LogP contribution in [-0.2, 0) is 0 Å². The molecule has 1 rings (SSSR count). The highest BCUT2D eigenvalue weighted by molar-refractivity contribution is 7.99. The molecule has 0 aliphatic rings. The van der Waals surface area contributed by atoms with Crippen LogP contribution in [0.5, 0.6) is 0 Å². The average Bonchev–Trinajstić information content (AvgIpc) is 2.64. The number of hydrogen-bond acceptors (Lipinski definition) is 4. The Kier molecular flexibility index (Phi) is 4.48. The molecule has 0 fully saturated rings. The average molecular weight is 228 g/mol. The lowest BCUT2D eigenvalue weighted by Gasteiger charge is -2.08. The van der Waals surface area contributed by atoms with Crippen LogP contribution in [0.1, 0.15) is 23.7 Å². The van der Waals surface area contributed by atoms with Crippen molar-refractivity contribution in [2.45, 2.75) is 18.6 Å². The minimum atomic E-state index is -0.172. The zero-order valence-corrected chi connectivity index (χ0v) is 9.73. The summed E-state index contributed by atoms with van der Waals surface area (Å²) in [6.45, 7) is 2.79. The number of rotatable bonds is 5. The van der Waals surface area contributed by atoms with E-state index in [1.165, 1.54) is 6.20 Å². The van der Waals surface area contributed by atoms with Crippen molar-refractivity contribution in [2.24, 2.45) is 0 Å². The highest BCUT2D eigenvalue weighted by atomic mass is 32.2. The SMILES string of the molecule is CSC(C)CCNC(=O)c1cn[nH]c1N. The first-order valence-electron chi connectivity index (χ1n) is 4.75. The number of nitrogen functional groups attached to an aromatic ring is 1. The van der Waals surface area contributed by atoms with E-state index in [1.807, 2.05) is 0 Å². The third kappa shape index (κ3) is 3.47. The molecule has 4 N–H and O–H groups in total. The predicted molar refractivity (Wildman–Crippen MR) is 62.9 cm³/mol. The summed E-state index contributed by atoms with van der Waals surface area (Å²) in [5.41, 5.74) is 5.93. The van der Waals surface area contributed by atoms with Crippen molar-refractivity contribution in [3.63, 3.8) is 0 Å². The molecule has 1 aromatic rings. The van der Waals surface area contributed by atoms with Gasteiger partial charge >= 0.3 is 0 Å². The first kappa shape index (κ1) is 11.9. The number of nitrogens with one attached hydrogen (secondary N) is 2. The first-order chi connectivity index (χ1) is 7.15. The number of aromatic nitrogens is 2. The number of nitrogens with two attached hydrogens (primary N) is 1. The van der Waals surface area contributed by atoms with E-state index in [0.29, 0.717) is 23.2 Å². The maximum Gasteiger partial charge on any atom is 0.256 e. The number of hydrogen-bond donors (Lipinski definition) is 3. The monoisotopic (exact) mass is 228 g/mol. The number of aromatic amines is 1. The molecule has 6 heteroatoms. The van der Waals surface area contributed by atoms with E-state index in [-0.39, 0.29) is 5.91 Å². The Hall–Kier alpha value is -1.17. The summed E-state index contributed by atoms with van der Waals surface area (Å²) in [5, 5.41) is 9.56. The van der Waals surface area contributed by atoms with E-state index >= 15 is 0 Å². The molecule has 0 aromatic carbocycles. The van der Waals surface area contributed by atoms with Gasteiger partial charge in [-0.25, -0.2) is 0 Å². The van der Waals surface area contributed by atoms with E-state index in [9.17, 15) is 4.79 Å².